The van der Waals surface area contributed by atoms with E-state index in [2.05, 4.69) is 9.88 Å². The van der Waals surface area contributed by atoms with Crippen LogP contribution in [0, 0.1) is 5.82 Å². The molecule has 33 heavy (non-hydrogen) atoms. The molecule has 2 aromatic rings. The zero-order valence-electron chi connectivity index (χ0n) is 18.4. The molecule has 0 aliphatic carbocycles. The number of likely N-dealkylation sites (tertiary alicyclic amines) is 1. The highest BCUT2D eigenvalue weighted by atomic mass is 19.1. The fourth-order valence-corrected chi connectivity index (χ4v) is 4.21. The summed E-state index contributed by atoms with van der Waals surface area (Å²) in [5.41, 5.74) is 0.439. The van der Waals surface area contributed by atoms with Crippen LogP contribution in [0.2, 0.25) is 0 Å². The third kappa shape index (κ3) is 4.74. The predicted molar refractivity (Wildman–Crippen MR) is 118 cm³/mol. The van der Waals surface area contributed by atoms with Gasteiger partial charge >= 0.3 is 0 Å². The molecule has 0 bridgehead atoms. The monoisotopic (exact) mass is 455 g/mol. The van der Waals surface area contributed by atoms with Crippen molar-refractivity contribution in [3.05, 3.63) is 65.2 Å². The van der Waals surface area contributed by atoms with Gasteiger partial charge in [-0.3, -0.25) is 19.5 Å². The number of halogens is 1. The maximum Gasteiger partial charge on any atom is 0.295 e. The number of nitrogens with zero attached hydrogens (tertiary/aromatic N) is 3. The number of ether oxygens (including phenoxy) is 2. The minimum absolute atomic E-state index is 0.0105. The topological polar surface area (TPSA) is 92.2 Å². The van der Waals surface area contributed by atoms with Crippen molar-refractivity contribution in [2.45, 2.75) is 12.5 Å². The number of Topliss-reactive ketones (excluding diaryl/α,β-unsaturated/α-hetero) is 1. The van der Waals surface area contributed by atoms with Gasteiger partial charge in [0.2, 0.25) is 0 Å². The number of hydrogen-bond donors (Lipinski definition) is 1. The van der Waals surface area contributed by atoms with Crippen molar-refractivity contribution in [3.8, 4) is 5.75 Å². The van der Waals surface area contributed by atoms with Gasteiger partial charge in [-0.15, -0.1) is 0 Å². The third-order valence-electron chi connectivity index (χ3n) is 5.91. The molecule has 3 heterocycles. The van der Waals surface area contributed by atoms with Gasteiger partial charge in [-0.05, 0) is 36.8 Å². The number of benzene rings is 1. The average molecular weight is 455 g/mol. The van der Waals surface area contributed by atoms with E-state index in [1.807, 2.05) is 0 Å². The maximum absolute atomic E-state index is 14.3. The zero-order valence-corrected chi connectivity index (χ0v) is 18.4. The third-order valence-corrected chi connectivity index (χ3v) is 5.91. The molecule has 2 aliphatic rings. The number of morpholine rings is 1. The standard InChI is InChI=1S/C24H26FN3O5/c1-32-19-7-6-16(15-17(19)25)22(29)20-21(18-5-2-3-8-26-18)28(24(31)23(20)30)10-4-9-27-11-13-33-14-12-27/h2-3,5-8,15,21,29H,4,9-14H2,1H3/t21-/m1/s1. The van der Waals surface area contributed by atoms with Gasteiger partial charge in [0.25, 0.3) is 11.7 Å². The zero-order chi connectivity index (χ0) is 23.4. The molecule has 1 aromatic carbocycles. The molecule has 0 saturated carbocycles. The van der Waals surface area contributed by atoms with Crippen LogP contribution < -0.4 is 4.74 Å². The lowest BCUT2D eigenvalue weighted by molar-refractivity contribution is -0.140. The van der Waals surface area contributed by atoms with Gasteiger partial charge < -0.3 is 19.5 Å². The van der Waals surface area contributed by atoms with Gasteiger partial charge in [-0.1, -0.05) is 6.07 Å². The van der Waals surface area contributed by atoms with Gasteiger partial charge in [-0.2, -0.15) is 0 Å². The van der Waals surface area contributed by atoms with Crippen LogP contribution in [0.3, 0.4) is 0 Å². The molecule has 174 valence electrons. The molecule has 0 unspecified atom stereocenters. The van der Waals surface area contributed by atoms with Crippen molar-refractivity contribution in [3.63, 3.8) is 0 Å². The first-order chi connectivity index (χ1) is 16.0. The Bertz CT molecular complexity index is 1050. The summed E-state index contributed by atoms with van der Waals surface area (Å²) in [6, 6.07) is 8.21. The molecule has 2 saturated heterocycles. The number of hydrogen-bond acceptors (Lipinski definition) is 7. The summed E-state index contributed by atoms with van der Waals surface area (Å²) in [5.74, 6) is -2.64. The Morgan fingerprint density at radius 3 is 2.67 bits per heavy atom. The van der Waals surface area contributed by atoms with Crippen molar-refractivity contribution < 1.29 is 28.6 Å². The number of rotatable bonds is 7. The summed E-state index contributed by atoms with van der Waals surface area (Å²) in [4.78, 5) is 34.0. The highest BCUT2D eigenvalue weighted by molar-refractivity contribution is 6.46. The van der Waals surface area contributed by atoms with Gasteiger partial charge in [-0.25, -0.2) is 4.39 Å². The van der Waals surface area contributed by atoms with E-state index in [-0.39, 0.29) is 16.9 Å². The number of ketones is 1. The largest absolute Gasteiger partial charge is 0.507 e. The Balaban J connectivity index is 1.66. The van der Waals surface area contributed by atoms with Gasteiger partial charge in [0.1, 0.15) is 11.8 Å². The van der Waals surface area contributed by atoms with Crippen molar-refractivity contribution in [1.29, 1.82) is 0 Å². The lowest BCUT2D eigenvalue weighted by atomic mass is 9.98. The van der Waals surface area contributed by atoms with Crippen LogP contribution in [0.4, 0.5) is 4.39 Å². The summed E-state index contributed by atoms with van der Waals surface area (Å²) in [6.45, 7) is 4.08. The lowest BCUT2D eigenvalue weighted by Gasteiger charge is -2.28. The summed E-state index contributed by atoms with van der Waals surface area (Å²) < 4.78 is 24.5. The fourth-order valence-electron chi connectivity index (χ4n) is 4.21. The van der Waals surface area contributed by atoms with E-state index >= 15 is 0 Å². The molecule has 1 amide bonds. The molecule has 0 spiro atoms. The predicted octanol–water partition coefficient (Wildman–Crippen LogP) is 2.37. The summed E-state index contributed by atoms with van der Waals surface area (Å²) in [6.07, 6.45) is 2.21. The second kappa shape index (κ2) is 10.1. The van der Waals surface area contributed by atoms with Crippen molar-refractivity contribution in [1.82, 2.24) is 14.8 Å². The molecule has 2 aliphatic heterocycles. The van der Waals surface area contributed by atoms with Crippen molar-refractivity contribution in [2.24, 2.45) is 0 Å². The number of amides is 1. The highest BCUT2D eigenvalue weighted by Gasteiger charge is 2.46. The SMILES string of the molecule is COc1ccc(C(O)=C2C(=O)C(=O)N(CCCN3CCOCC3)[C@@H]2c2ccccn2)cc1F. The Hall–Kier alpha value is -3.30. The Labute approximate surface area is 191 Å². The van der Waals surface area contributed by atoms with Gasteiger partial charge in [0.15, 0.2) is 11.6 Å². The van der Waals surface area contributed by atoms with Crippen LogP contribution in [0.5, 0.6) is 5.75 Å². The number of methoxy groups -OCH3 is 1. The fraction of sp³-hybridized carbons (Fsp3) is 0.375. The Morgan fingerprint density at radius 1 is 1.21 bits per heavy atom. The normalized spacial score (nSPS) is 20.9. The molecule has 0 radical (unpaired) electrons. The summed E-state index contributed by atoms with van der Waals surface area (Å²) in [7, 11) is 1.33. The molecule has 1 atom stereocenters. The van der Waals surface area contributed by atoms with Gasteiger partial charge in [0.05, 0.1) is 31.6 Å². The highest BCUT2D eigenvalue weighted by Crippen LogP contribution is 2.39. The number of pyridine rings is 1. The van der Waals surface area contributed by atoms with Crippen LogP contribution in [-0.2, 0) is 14.3 Å². The molecule has 4 rings (SSSR count). The number of aliphatic hydroxyl groups excluding tert-OH is 1. The molecular formula is C24H26FN3O5. The molecule has 1 aromatic heterocycles. The molecule has 1 N–H and O–H groups in total. The second-order valence-electron chi connectivity index (χ2n) is 7.90. The first-order valence-corrected chi connectivity index (χ1v) is 10.8. The average Bonchev–Trinajstić information content (AvgIpc) is 3.10. The number of aromatic nitrogens is 1. The molecular weight excluding hydrogens is 429 g/mol. The van der Waals surface area contributed by atoms with E-state index in [1.54, 1.807) is 24.4 Å². The van der Waals surface area contributed by atoms with Crippen molar-refractivity contribution >= 4 is 17.4 Å². The smallest absolute Gasteiger partial charge is 0.295 e. The Kier molecular flexibility index (Phi) is 7.00. The molecule has 2 fully saturated rings. The van der Waals surface area contributed by atoms with Crippen LogP contribution in [0.1, 0.15) is 23.7 Å². The summed E-state index contributed by atoms with van der Waals surface area (Å²) in [5, 5.41) is 11.0. The van der Waals surface area contributed by atoms with Gasteiger partial charge in [0, 0.05) is 37.9 Å². The minimum atomic E-state index is -0.860. The van der Waals surface area contributed by atoms with Crippen LogP contribution in [0.25, 0.3) is 5.76 Å². The quantitative estimate of drug-likeness (QED) is 0.389. The van der Waals surface area contributed by atoms with E-state index in [0.717, 1.165) is 25.7 Å². The minimum Gasteiger partial charge on any atom is -0.507 e. The molecule has 9 heteroatoms. The summed E-state index contributed by atoms with van der Waals surface area (Å²) >= 11 is 0. The number of carbonyl (C=O) groups excluding carboxylic acids is 2. The number of aliphatic hydroxyl groups is 1. The second-order valence-corrected chi connectivity index (χ2v) is 7.90. The maximum atomic E-state index is 14.3. The van der Waals surface area contributed by atoms with E-state index in [0.29, 0.717) is 31.9 Å². The van der Waals surface area contributed by atoms with Crippen LogP contribution >= 0.6 is 0 Å². The molecule has 8 nitrogen and oxygen atoms in total. The van der Waals surface area contributed by atoms with E-state index in [1.165, 1.54) is 24.1 Å². The van der Waals surface area contributed by atoms with Crippen LogP contribution in [0.15, 0.2) is 48.2 Å². The van der Waals surface area contributed by atoms with Crippen LogP contribution in [-0.4, -0.2) is 78.1 Å². The number of carbonyl (C=O) groups is 2. The first kappa shape index (κ1) is 22.9. The Morgan fingerprint density at radius 2 is 2.00 bits per heavy atom. The van der Waals surface area contributed by atoms with Crippen molar-refractivity contribution in [2.75, 3.05) is 46.5 Å². The van der Waals surface area contributed by atoms with E-state index in [9.17, 15) is 19.1 Å². The van der Waals surface area contributed by atoms with E-state index < -0.39 is 29.3 Å². The van der Waals surface area contributed by atoms with E-state index in [4.69, 9.17) is 9.47 Å². The lowest BCUT2D eigenvalue weighted by Crippen LogP contribution is -2.39. The first-order valence-electron chi connectivity index (χ1n) is 10.8.